The Bertz CT molecular complexity index is 1250. The van der Waals surface area contributed by atoms with Crippen molar-refractivity contribution < 1.29 is 10.2 Å². The van der Waals surface area contributed by atoms with Crippen LogP contribution >= 0.6 is 11.6 Å². The summed E-state index contributed by atoms with van der Waals surface area (Å²) in [6.45, 7) is 0. The van der Waals surface area contributed by atoms with Crippen molar-refractivity contribution in [1.82, 2.24) is 29.1 Å². The summed E-state index contributed by atoms with van der Waals surface area (Å²) in [7, 11) is 0. The van der Waals surface area contributed by atoms with Crippen molar-refractivity contribution in [3.63, 3.8) is 0 Å². The van der Waals surface area contributed by atoms with Gasteiger partial charge in [0.1, 0.15) is 5.52 Å². The van der Waals surface area contributed by atoms with Crippen LogP contribution in [0.2, 0.25) is 5.02 Å². The van der Waals surface area contributed by atoms with Crippen molar-refractivity contribution in [2.24, 2.45) is 0 Å². The molecular formula is C18H17ClN6O3. The second kappa shape index (κ2) is 6.40. The van der Waals surface area contributed by atoms with Gasteiger partial charge < -0.3 is 15.2 Å². The van der Waals surface area contributed by atoms with E-state index in [1.165, 1.54) is 0 Å². The number of nitrogens with one attached hydrogen (secondary N) is 1. The number of halogens is 1. The quantitative estimate of drug-likeness (QED) is 0.469. The van der Waals surface area contributed by atoms with E-state index < -0.39 is 12.2 Å². The first kappa shape index (κ1) is 17.4. The van der Waals surface area contributed by atoms with Gasteiger partial charge in [-0.25, -0.2) is 19.3 Å². The number of fused-ring (bicyclic) bond motifs is 2. The van der Waals surface area contributed by atoms with Crippen LogP contribution in [-0.4, -0.2) is 51.6 Å². The van der Waals surface area contributed by atoms with E-state index in [0.29, 0.717) is 46.8 Å². The summed E-state index contributed by atoms with van der Waals surface area (Å²) < 4.78 is 3.23. The number of hydrogen-bond donors (Lipinski definition) is 3. The highest BCUT2D eigenvalue weighted by molar-refractivity contribution is 6.31. The average Bonchev–Trinajstić information content (AvgIpc) is 3.23. The Morgan fingerprint density at radius 3 is 2.89 bits per heavy atom. The number of rotatable bonds is 2. The molecule has 0 aliphatic heterocycles. The molecule has 9 nitrogen and oxygen atoms in total. The van der Waals surface area contributed by atoms with Gasteiger partial charge in [0.25, 0.3) is 0 Å². The molecule has 0 spiro atoms. The lowest BCUT2D eigenvalue weighted by molar-refractivity contribution is -0.0229. The highest BCUT2D eigenvalue weighted by atomic mass is 35.5. The zero-order valence-electron chi connectivity index (χ0n) is 14.7. The molecule has 0 aromatic carbocycles. The first-order valence-corrected chi connectivity index (χ1v) is 9.35. The zero-order valence-corrected chi connectivity index (χ0v) is 15.4. The summed E-state index contributed by atoms with van der Waals surface area (Å²) in [5, 5.41) is 24.7. The van der Waals surface area contributed by atoms with Gasteiger partial charge >= 0.3 is 5.69 Å². The standard InChI is InChI=1S/C18H17ClN6O3/c19-9-3-4-24-13(5-9)11(7-21-24)16-20-8-12-17(23-16)25(18(28)22-12)10-1-2-14(26)15(27)6-10/h3-5,7-8,10,14-15,26-27H,1-2,6H2,(H,22,28). The molecule has 144 valence electrons. The van der Waals surface area contributed by atoms with Gasteiger partial charge in [-0.05, 0) is 31.4 Å². The average molecular weight is 401 g/mol. The minimum Gasteiger partial charge on any atom is -0.390 e. The lowest BCUT2D eigenvalue weighted by atomic mass is 9.90. The maximum Gasteiger partial charge on any atom is 0.327 e. The summed E-state index contributed by atoms with van der Waals surface area (Å²) in [6, 6.07) is 3.27. The van der Waals surface area contributed by atoms with E-state index in [-0.39, 0.29) is 11.7 Å². The smallest absolute Gasteiger partial charge is 0.327 e. The molecule has 0 bridgehead atoms. The van der Waals surface area contributed by atoms with E-state index in [1.54, 1.807) is 39.8 Å². The number of H-pyrrole nitrogens is 1. The van der Waals surface area contributed by atoms with Gasteiger partial charge in [-0.15, -0.1) is 0 Å². The molecule has 1 aliphatic carbocycles. The Labute approximate surface area is 163 Å². The van der Waals surface area contributed by atoms with E-state index in [4.69, 9.17) is 11.6 Å². The molecule has 3 atom stereocenters. The Balaban J connectivity index is 1.65. The summed E-state index contributed by atoms with van der Waals surface area (Å²) in [4.78, 5) is 24.3. The number of imidazole rings is 1. The second-order valence-electron chi connectivity index (χ2n) is 7.07. The largest absolute Gasteiger partial charge is 0.390 e. The molecule has 1 fully saturated rings. The van der Waals surface area contributed by atoms with E-state index >= 15 is 0 Å². The SMILES string of the molecule is O=c1[nH]c2cnc(-c3cnn4ccc(Cl)cc34)nc2n1C1CCC(O)C(O)C1. The molecule has 28 heavy (non-hydrogen) atoms. The van der Waals surface area contributed by atoms with Crippen molar-refractivity contribution >= 4 is 28.3 Å². The third-order valence-electron chi connectivity index (χ3n) is 5.30. The number of aromatic amines is 1. The van der Waals surface area contributed by atoms with Crippen molar-refractivity contribution in [3.8, 4) is 11.4 Å². The molecule has 1 saturated carbocycles. The second-order valence-corrected chi connectivity index (χ2v) is 7.50. The van der Waals surface area contributed by atoms with Crippen molar-refractivity contribution in [2.75, 3.05) is 0 Å². The fraction of sp³-hybridized carbons (Fsp3) is 0.333. The number of hydrogen-bond acceptors (Lipinski definition) is 6. The molecule has 0 saturated heterocycles. The van der Waals surface area contributed by atoms with Crippen LogP contribution in [0, 0.1) is 0 Å². The molecule has 4 aromatic heterocycles. The topological polar surface area (TPSA) is 121 Å². The summed E-state index contributed by atoms with van der Waals surface area (Å²) >= 11 is 6.11. The van der Waals surface area contributed by atoms with Gasteiger partial charge in [0.15, 0.2) is 11.5 Å². The van der Waals surface area contributed by atoms with Crippen LogP contribution < -0.4 is 5.69 Å². The molecule has 4 heterocycles. The normalized spacial score (nSPS) is 22.9. The van der Waals surface area contributed by atoms with Crippen LogP contribution in [0.4, 0.5) is 0 Å². The van der Waals surface area contributed by atoms with Gasteiger partial charge in [-0.3, -0.25) is 4.57 Å². The first-order valence-electron chi connectivity index (χ1n) is 8.98. The van der Waals surface area contributed by atoms with Crippen LogP contribution in [0.15, 0.2) is 35.5 Å². The van der Waals surface area contributed by atoms with Crippen LogP contribution in [0.3, 0.4) is 0 Å². The van der Waals surface area contributed by atoms with Crippen molar-refractivity contribution in [3.05, 3.63) is 46.2 Å². The van der Waals surface area contributed by atoms with E-state index in [0.717, 1.165) is 5.52 Å². The molecule has 10 heteroatoms. The first-order chi connectivity index (χ1) is 13.5. The molecule has 3 N–H and O–H groups in total. The van der Waals surface area contributed by atoms with Gasteiger partial charge in [-0.1, -0.05) is 11.6 Å². The highest BCUT2D eigenvalue weighted by Crippen LogP contribution is 2.30. The number of aliphatic hydroxyl groups excluding tert-OH is 2. The third-order valence-corrected chi connectivity index (χ3v) is 5.54. The molecule has 3 unspecified atom stereocenters. The summed E-state index contributed by atoms with van der Waals surface area (Å²) in [5.74, 6) is 0.425. The van der Waals surface area contributed by atoms with Crippen LogP contribution in [-0.2, 0) is 0 Å². The lowest BCUT2D eigenvalue weighted by Crippen LogP contribution is -2.37. The van der Waals surface area contributed by atoms with Gasteiger partial charge in [0.05, 0.1) is 35.7 Å². The van der Waals surface area contributed by atoms with E-state index in [9.17, 15) is 15.0 Å². The summed E-state index contributed by atoms with van der Waals surface area (Å²) in [6.07, 6.45) is 4.65. The number of nitrogens with zero attached hydrogens (tertiary/aromatic N) is 5. The summed E-state index contributed by atoms with van der Waals surface area (Å²) in [5.41, 5.74) is 2.13. The van der Waals surface area contributed by atoms with Crippen LogP contribution in [0.5, 0.6) is 0 Å². The molecule has 0 amide bonds. The van der Waals surface area contributed by atoms with Crippen molar-refractivity contribution in [2.45, 2.75) is 37.5 Å². The van der Waals surface area contributed by atoms with Gasteiger partial charge in [0, 0.05) is 17.3 Å². The maximum absolute atomic E-state index is 12.5. The zero-order chi connectivity index (χ0) is 19.4. The molecular weight excluding hydrogens is 384 g/mol. The highest BCUT2D eigenvalue weighted by Gasteiger charge is 2.30. The number of aromatic nitrogens is 6. The Kier molecular flexibility index (Phi) is 3.97. The molecule has 4 aromatic rings. The third kappa shape index (κ3) is 2.70. The maximum atomic E-state index is 12.5. The van der Waals surface area contributed by atoms with E-state index in [2.05, 4.69) is 20.1 Å². The van der Waals surface area contributed by atoms with Gasteiger partial charge in [0.2, 0.25) is 0 Å². The number of aliphatic hydroxyl groups is 2. The minimum absolute atomic E-state index is 0.249. The number of pyridine rings is 1. The predicted molar refractivity (Wildman–Crippen MR) is 102 cm³/mol. The Morgan fingerprint density at radius 1 is 1.21 bits per heavy atom. The molecule has 1 aliphatic rings. The molecule has 0 radical (unpaired) electrons. The van der Waals surface area contributed by atoms with Crippen molar-refractivity contribution in [1.29, 1.82) is 0 Å². The van der Waals surface area contributed by atoms with Crippen LogP contribution in [0.25, 0.3) is 28.1 Å². The Hall–Kier alpha value is -2.75. The monoisotopic (exact) mass is 400 g/mol. The van der Waals surface area contributed by atoms with Gasteiger partial charge in [-0.2, -0.15) is 5.10 Å². The Morgan fingerprint density at radius 2 is 2.07 bits per heavy atom. The van der Waals surface area contributed by atoms with E-state index in [1.807, 2.05) is 0 Å². The fourth-order valence-corrected chi connectivity index (χ4v) is 4.02. The fourth-order valence-electron chi connectivity index (χ4n) is 3.86. The molecule has 5 rings (SSSR count). The lowest BCUT2D eigenvalue weighted by Gasteiger charge is -2.30. The predicted octanol–water partition coefficient (Wildman–Crippen LogP) is 1.53. The minimum atomic E-state index is -0.862. The van der Waals surface area contributed by atoms with Crippen LogP contribution in [0.1, 0.15) is 25.3 Å².